The Bertz CT molecular complexity index is 490. The topological polar surface area (TPSA) is 46.9 Å². The summed E-state index contributed by atoms with van der Waals surface area (Å²) in [6, 6.07) is 0. The lowest BCUT2D eigenvalue weighted by atomic mass is 10.2. The van der Waals surface area contributed by atoms with Gasteiger partial charge in [-0.25, -0.2) is 0 Å². The Morgan fingerprint density at radius 1 is 1.69 bits per heavy atom. The highest BCUT2D eigenvalue weighted by Crippen LogP contribution is 2.26. The van der Waals surface area contributed by atoms with E-state index in [9.17, 15) is 4.79 Å². The Morgan fingerprint density at radius 2 is 2.44 bits per heavy atom. The summed E-state index contributed by atoms with van der Waals surface area (Å²) in [5.41, 5.74) is 2.02. The third-order valence-electron chi connectivity index (χ3n) is 2.37. The first-order valence-electron chi connectivity index (χ1n) is 4.89. The van der Waals surface area contributed by atoms with Crippen LogP contribution in [-0.2, 0) is 11.3 Å². The van der Waals surface area contributed by atoms with Crippen molar-refractivity contribution in [3.05, 3.63) is 22.4 Å². The van der Waals surface area contributed by atoms with Gasteiger partial charge in [0.15, 0.2) is 0 Å². The van der Waals surface area contributed by atoms with Crippen LogP contribution in [0.25, 0.3) is 6.08 Å². The average molecular weight is 253 g/mol. The van der Waals surface area contributed by atoms with Crippen molar-refractivity contribution >= 4 is 40.3 Å². The maximum atomic E-state index is 11.5. The number of hydrogen-bond donors (Lipinski definition) is 1. The van der Waals surface area contributed by atoms with Gasteiger partial charge in [0.1, 0.15) is 4.32 Å². The molecule has 0 aliphatic carbocycles. The van der Waals surface area contributed by atoms with Crippen molar-refractivity contribution < 1.29 is 4.79 Å². The highest BCUT2D eigenvalue weighted by molar-refractivity contribution is 8.26. The average Bonchev–Trinajstić information content (AvgIpc) is 2.73. The summed E-state index contributed by atoms with van der Waals surface area (Å²) in [6.45, 7) is 4.84. The fraction of sp³-hybridized carbons (Fsp3) is 0.300. The smallest absolute Gasteiger partial charge is 0.263 e. The van der Waals surface area contributed by atoms with E-state index in [2.05, 4.69) is 10.4 Å². The van der Waals surface area contributed by atoms with Crippen molar-refractivity contribution in [2.45, 2.75) is 20.4 Å². The number of carbonyl (C=O) groups excluding carboxylic acids is 1. The molecule has 0 bridgehead atoms. The summed E-state index contributed by atoms with van der Waals surface area (Å²) in [5, 5.41) is 6.81. The van der Waals surface area contributed by atoms with Crippen LogP contribution in [0.5, 0.6) is 0 Å². The van der Waals surface area contributed by atoms with E-state index in [4.69, 9.17) is 12.2 Å². The molecule has 0 aromatic carbocycles. The number of rotatable bonds is 2. The highest BCUT2D eigenvalue weighted by Gasteiger charge is 2.22. The van der Waals surface area contributed by atoms with Crippen molar-refractivity contribution in [1.29, 1.82) is 0 Å². The van der Waals surface area contributed by atoms with Crippen molar-refractivity contribution in [2.24, 2.45) is 0 Å². The van der Waals surface area contributed by atoms with Gasteiger partial charge in [0, 0.05) is 17.8 Å². The number of aromatic nitrogens is 2. The Kier molecular flexibility index (Phi) is 3.11. The van der Waals surface area contributed by atoms with Crippen molar-refractivity contribution in [2.75, 3.05) is 0 Å². The number of aryl methyl sites for hydroxylation is 1. The van der Waals surface area contributed by atoms with Crippen LogP contribution >= 0.6 is 24.0 Å². The largest absolute Gasteiger partial charge is 0.307 e. The molecular weight excluding hydrogens is 242 g/mol. The SMILES string of the molecule is CCn1ncc(/C=C2\SC(=S)NC2=O)c1C. The molecule has 1 aliphatic heterocycles. The summed E-state index contributed by atoms with van der Waals surface area (Å²) in [5.74, 6) is -0.126. The van der Waals surface area contributed by atoms with E-state index in [1.807, 2.05) is 24.6 Å². The molecule has 16 heavy (non-hydrogen) atoms. The molecule has 1 fully saturated rings. The molecule has 0 spiro atoms. The van der Waals surface area contributed by atoms with Gasteiger partial charge in [-0.1, -0.05) is 24.0 Å². The molecule has 1 aromatic rings. The Hall–Kier alpha value is -1.14. The van der Waals surface area contributed by atoms with E-state index in [-0.39, 0.29) is 5.91 Å². The van der Waals surface area contributed by atoms with Crippen LogP contribution in [0.3, 0.4) is 0 Å². The molecule has 0 unspecified atom stereocenters. The first kappa shape index (κ1) is 11.3. The van der Waals surface area contributed by atoms with Crippen LogP contribution in [0.4, 0.5) is 0 Å². The first-order chi connectivity index (χ1) is 7.61. The van der Waals surface area contributed by atoms with Gasteiger partial charge in [0.25, 0.3) is 5.91 Å². The van der Waals surface area contributed by atoms with Gasteiger partial charge in [-0.05, 0) is 19.9 Å². The summed E-state index contributed by atoms with van der Waals surface area (Å²) >= 11 is 6.21. The number of nitrogens with one attached hydrogen (secondary N) is 1. The van der Waals surface area contributed by atoms with Crippen LogP contribution in [-0.4, -0.2) is 20.0 Å². The standard InChI is InChI=1S/C10H11N3OS2/c1-3-13-6(2)7(5-11-13)4-8-9(14)12-10(15)16-8/h4-5H,3H2,1-2H3,(H,12,14,15)/b8-4-. The van der Waals surface area contributed by atoms with Crippen LogP contribution in [0.15, 0.2) is 11.1 Å². The highest BCUT2D eigenvalue weighted by atomic mass is 32.2. The minimum absolute atomic E-state index is 0.126. The third-order valence-corrected chi connectivity index (χ3v) is 3.53. The first-order valence-corrected chi connectivity index (χ1v) is 6.11. The number of thiocarbonyl (C=S) groups is 1. The van der Waals surface area contributed by atoms with Crippen LogP contribution in [0, 0.1) is 6.92 Å². The van der Waals surface area contributed by atoms with E-state index in [1.54, 1.807) is 6.20 Å². The van der Waals surface area contributed by atoms with Crippen LogP contribution < -0.4 is 5.32 Å². The normalized spacial score (nSPS) is 18.2. The number of hydrogen-bond acceptors (Lipinski definition) is 4. The van der Waals surface area contributed by atoms with Crippen molar-refractivity contribution in [3.63, 3.8) is 0 Å². The molecule has 1 saturated heterocycles. The van der Waals surface area contributed by atoms with Crippen LogP contribution in [0.2, 0.25) is 0 Å². The zero-order valence-corrected chi connectivity index (χ0v) is 10.6. The second-order valence-electron chi connectivity index (χ2n) is 3.35. The Balaban J connectivity index is 2.32. The fourth-order valence-corrected chi connectivity index (χ4v) is 2.52. The molecular formula is C10H11N3OS2. The van der Waals surface area contributed by atoms with Crippen molar-refractivity contribution in [1.82, 2.24) is 15.1 Å². The molecule has 0 radical (unpaired) electrons. The zero-order chi connectivity index (χ0) is 11.7. The molecule has 84 valence electrons. The van der Waals surface area contributed by atoms with Gasteiger partial charge in [0.2, 0.25) is 0 Å². The number of thioether (sulfide) groups is 1. The predicted molar refractivity (Wildman–Crippen MR) is 68.9 cm³/mol. The van der Waals surface area contributed by atoms with Gasteiger partial charge in [-0.2, -0.15) is 5.10 Å². The quantitative estimate of drug-likeness (QED) is 0.644. The van der Waals surface area contributed by atoms with E-state index >= 15 is 0 Å². The molecule has 4 nitrogen and oxygen atoms in total. The van der Waals surface area contributed by atoms with Crippen molar-refractivity contribution in [3.8, 4) is 0 Å². The van der Waals surface area contributed by atoms with Gasteiger partial charge in [-0.15, -0.1) is 0 Å². The van der Waals surface area contributed by atoms with E-state index < -0.39 is 0 Å². The molecule has 1 aliphatic rings. The maximum Gasteiger partial charge on any atom is 0.263 e. The van der Waals surface area contributed by atoms with E-state index in [1.165, 1.54) is 11.8 Å². The van der Waals surface area contributed by atoms with Crippen LogP contribution in [0.1, 0.15) is 18.2 Å². The fourth-order valence-electron chi connectivity index (χ4n) is 1.48. The second kappa shape index (κ2) is 4.39. The minimum Gasteiger partial charge on any atom is -0.307 e. The molecule has 6 heteroatoms. The maximum absolute atomic E-state index is 11.5. The zero-order valence-electron chi connectivity index (χ0n) is 8.98. The number of amides is 1. The monoisotopic (exact) mass is 253 g/mol. The van der Waals surface area contributed by atoms with Gasteiger partial charge >= 0.3 is 0 Å². The lowest BCUT2D eigenvalue weighted by Gasteiger charge is -1.98. The van der Waals surface area contributed by atoms with Gasteiger partial charge in [0.05, 0.1) is 11.1 Å². The molecule has 0 atom stereocenters. The lowest BCUT2D eigenvalue weighted by Crippen LogP contribution is -2.17. The van der Waals surface area contributed by atoms with E-state index in [0.29, 0.717) is 9.23 Å². The second-order valence-corrected chi connectivity index (χ2v) is 5.07. The van der Waals surface area contributed by atoms with Gasteiger partial charge < -0.3 is 5.32 Å². The van der Waals surface area contributed by atoms with Gasteiger partial charge in [-0.3, -0.25) is 9.48 Å². The predicted octanol–water partition coefficient (Wildman–Crippen LogP) is 1.70. The number of nitrogens with zero attached hydrogens (tertiary/aromatic N) is 2. The Labute approximate surface area is 103 Å². The third kappa shape index (κ3) is 2.03. The Morgan fingerprint density at radius 3 is 2.94 bits per heavy atom. The summed E-state index contributed by atoms with van der Waals surface area (Å²) in [4.78, 5) is 12.1. The molecule has 1 aromatic heterocycles. The number of carbonyl (C=O) groups is 1. The summed E-state index contributed by atoms with van der Waals surface area (Å²) < 4.78 is 2.40. The molecule has 1 amide bonds. The molecule has 0 saturated carbocycles. The lowest BCUT2D eigenvalue weighted by molar-refractivity contribution is -0.115. The minimum atomic E-state index is -0.126. The molecule has 2 heterocycles. The molecule has 2 rings (SSSR count). The molecule has 1 N–H and O–H groups in total. The summed E-state index contributed by atoms with van der Waals surface area (Å²) in [6.07, 6.45) is 3.59. The summed E-state index contributed by atoms with van der Waals surface area (Å²) in [7, 11) is 0. The van der Waals surface area contributed by atoms with E-state index in [0.717, 1.165) is 17.8 Å².